The zero-order valence-electron chi connectivity index (χ0n) is 11.9. The standard InChI is InChI=1S/C15H20N4O/c1-11-3-4-12(9-17-11)13-10-16-6-5-14(13)19-8-7-18(2)15(19)20/h3-4,7-9,13-14,16H,5-6,10H2,1-2H3. The molecule has 1 aliphatic rings. The first-order valence-electron chi connectivity index (χ1n) is 7.03. The molecular weight excluding hydrogens is 252 g/mol. The molecule has 0 aliphatic carbocycles. The second-order valence-electron chi connectivity index (χ2n) is 5.50. The van der Waals surface area contributed by atoms with Gasteiger partial charge < -0.3 is 9.88 Å². The second-order valence-corrected chi connectivity index (χ2v) is 5.50. The van der Waals surface area contributed by atoms with Crippen molar-refractivity contribution < 1.29 is 0 Å². The molecule has 0 radical (unpaired) electrons. The molecule has 2 aromatic rings. The summed E-state index contributed by atoms with van der Waals surface area (Å²) in [4.78, 5) is 16.6. The summed E-state index contributed by atoms with van der Waals surface area (Å²) >= 11 is 0. The highest BCUT2D eigenvalue weighted by molar-refractivity contribution is 5.21. The number of piperidine rings is 1. The molecule has 1 aliphatic heterocycles. The van der Waals surface area contributed by atoms with E-state index < -0.39 is 0 Å². The van der Waals surface area contributed by atoms with E-state index in [1.54, 1.807) is 11.6 Å². The maximum Gasteiger partial charge on any atom is 0.328 e. The van der Waals surface area contributed by atoms with Gasteiger partial charge in [0.25, 0.3) is 0 Å². The Labute approximate surface area is 118 Å². The highest BCUT2D eigenvalue weighted by Gasteiger charge is 2.29. The van der Waals surface area contributed by atoms with Gasteiger partial charge in [-0.3, -0.25) is 9.55 Å². The van der Waals surface area contributed by atoms with Crippen LogP contribution in [0.25, 0.3) is 0 Å². The Balaban J connectivity index is 1.97. The van der Waals surface area contributed by atoms with Crippen molar-refractivity contribution in [2.75, 3.05) is 13.1 Å². The van der Waals surface area contributed by atoms with Gasteiger partial charge in [-0.05, 0) is 31.5 Å². The van der Waals surface area contributed by atoms with Gasteiger partial charge in [0.2, 0.25) is 0 Å². The lowest BCUT2D eigenvalue weighted by Gasteiger charge is -2.32. The Morgan fingerprint density at radius 1 is 1.35 bits per heavy atom. The van der Waals surface area contributed by atoms with Crippen molar-refractivity contribution in [3.63, 3.8) is 0 Å². The van der Waals surface area contributed by atoms with Crippen LogP contribution in [-0.2, 0) is 7.05 Å². The summed E-state index contributed by atoms with van der Waals surface area (Å²) in [5.74, 6) is 0.289. The fourth-order valence-corrected chi connectivity index (χ4v) is 2.95. The number of hydrogen-bond donors (Lipinski definition) is 1. The number of rotatable bonds is 2. The van der Waals surface area contributed by atoms with E-state index in [1.807, 2.05) is 36.1 Å². The molecule has 0 bridgehead atoms. The summed E-state index contributed by atoms with van der Waals surface area (Å²) in [7, 11) is 1.79. The van der Waals surface area contributed by atoms with Crippen LogP contribution in [-0.4, -0.2) is 27.2 Å². The van der Waals surface area contributed by atoms with E-state index >= 15 is 0 Å². The zero-order chi connectivity index (χ0) is 14.1. The fraction of sp³-hybridized carbons (Fsp3) is 0.467. The van der Waals surface area contributed by atoms with Gasteiger partial charge in [0.1, 0.15) is 0 Å². The Kier molecular flexibility index (Phi) is 3.44. The van der Waals surface area contributed by atoms with Crippen molar-refractivity contribution in [1.29, 1.82) is 0 Å². The van der Waals surface area contributed by atoms with Crippen molar-refractivity contribution in [1.82, 2.24) is 19.4 Å². The highest BCUT2D eigenvalue weighted by atomic mass is 16.1. The molecule has 20 heavy (non-hydrogen) atoms. The van der Waals surface area contributed by atoms with Crippen LogP contribution in [0.15, 0.2) is 35.5 Å². The number of nitrogens with one attached hydrogen (secondary N) is 1. The molecule has 5 nitrogen and oxygen atoms in total. The Morgan fingerprint density at radius 2 is 2.20 bits per heavy atom. The smallest absolute Gasteiger partial charge is 0.316 e. The molecule has 3 heterocycles. The minimum absolute atomic E-state index is 0.0574. The molecular formula is C15H20N4O. The first-order valence-corrected chi connectivity index (χ1v) is 7.03. The maximum atomic E-state index is 12.2. The normalized spacial score (nSPS) is 22.9. The summed E-state index contributed by atoms with van der Waals surface area (Å²) in [6.45, 7) is 3.82. The van der Waals surface area contributed by atoms with Gasteiger partial charge in [0.05, 0.1) is 0 Å². The average Bonchev–Trinajstić information content (AvgIpc) is 2.80. The Bertz CT molecular complexity index is 641. The average molecular weight is 272 g/mol. The van der Waals surface area contributed by atoms with E-state index in [-0.39, 0.29) is 17.6 Å². The van der Waals surface area contributed by atoms with Gasteiger partial charge in [0.15, 0.2) is 0 Å². The highest BCUT2D eigenvalue weighted by Crippen LogP contribution is 2.32. The molecule has 3 rings (SSSR count). The molecule has 0 spiro atoms. The molecule has 1 saturated heterocycles. The van der Waals surface area contributed by atoms with Crippen LogP contribution in [0.1, 0.15) is 29.6 Å². The van der Waals surface area contributed by atoms with Crippen LogP contribution in [0.4, 0.5) is 0 Å². The third-order valence-electron chi connectivity index (χ3n) is 4.14. The van der Waals surface area contributed by atoms with Gasteiger partial charge in [0, 0.05) is 49.8 Å². The van der Waals surface area contributed by atoms with Crippen molar-refractivity contribution in [2.24, 2.45) is 7.05 Å². The van der Waals surface area contributed by atoms with Crippen LogP contribution in [0, 0.1) is 6.92 Å². The SMILES string of the molecule is Cc1ccc(C2CNCCC2n2ccn(C)c2=O)cn1. The van der Waals surface area contributed by atoms with Crippen molar-refractivity contribution in [3.8, 4) is 0 Å². The minimum Gasteiger partial charge on any atom is -0.316 e. The minimum atomic E-state index is 0.0574. The zero-order valence-corrected chi connectivity index (χ0v) is 11.9. The molecule has 0 saturated carbocycles. The van der Waals surface area contributed by atoms with Crippen LogP contribution in [0.3, 0.4) is 0 Å². The first kappa shape index (κ1) is 13.1. The molecule has 2 aromatic heterocycles. The Hall–Kier alpha value is -1.88. The third-order valence-corrected chi connectivity index (χ3v) is 4.14. The molecule has 0 amide bonds. The van der Waals surface area contributed by atoms with E-state index in [0.29, 0.717) is 0 Å². The number of pyridine rings is 1. The number of imidazole rings is 1. The van der Waals surface area contributed by atoms with Gasteiger partial charge in [-0.15, -0.1) is 0 Å². The second kappa shape index (κ2) is 5.25. The molecule has 106 valence electrons. The Morgan fingerprint density at radius 3 is 2.85 bits per heavy atom. The lowest BCUT2D eigenvalue weighted by atomic mass is 9.87. The van der Waals surface area contributed by atoms with Gasteiger partial charge >= 0.3 is 5.69 Å². The van der Waals surface area contributed by atoms with E-state index in [4.69, 9.17) is 0 Å². The van der Waals surface area contributed by atoms with Crippen molar-refractivity contribution in [3.05, 3.63) is 52.5 Å². The summed E-state index contributed by atoms with van der Waals surface area (Å²) in [5.41, 5.74) is 2.27. The van der Waals surface area contributed by atoms with Crippen LogP contribution >= 0.6 is 0 Å². The summed E-state index contributed by atoms with van der Waals surface area (Å²) in [6.07, 6.45) is 6.62. The van der Waals surface area contributed by atoms with Gasteiger partial charge in [-0.25, -0.2) is 4.79 Å². The van der Waals surface area contributed by atoms with E-state index in [0.717, 1.165) is 25.2 Å². The molecule has 2 atom stereocenters. The maximum absolute atomic E-state index is 12.2. The monoisotopic (exact) mass is 272 g/mol. The van der Waals surface area contributed by atoms with Crippen molar-refractivity contribution in [2.45, 2.75) is 25.3 Å². The predicted molar refractivity (Wildman–Crippen MR) is 77.9 cm³/mol. The van der Waals surface area contributed by atoms with Gasteiger partial charge in [-0.2, -0.15) is 0 Å². The number of nitrogens with zero attached hydrogens (tertiary/aromatic N) is 3. The number of aryl methyl sites for hydroxylation is 2. The first-order chi connectivity index (χ1) is 9.66. The van der Waals surface area contributed by atoms with Crippen molar-refractivity contribution >= 4 is 0 Å². The quantitative estimate of drug-likeness (QED) is 0.894. The lowest BCUT2D eigenvalue weighted by Crippen LogP contribution is -2.39. The molecule has 2 unspecified atom stereocenters. The summed E-state index contributed by atoms with van der Waals surface area (Å²) in [6, 6.07) is 4.37. The number of hydrogen-bond acceptors (Lipinski definition) is 3. The number of aromatic nitrogens is 3. The lowest BCUT2D eigenvalue weighted by molar-refractivity contribution is 0.313. The predicted octanol–water partition coefficient (Wildman–Crippen LogP) is 1.21. The van der Waals surface area contributed by atoms with Crippen LogP contribution < -0.4 is 11.0 Å². The van der Waals surface area contributed by atoms with E-state index in [1.165, 1.54) is 5.56 Å². The summed E-state index contributed by atoms with van der Waals surface area (Å²) in [5, 5.41) is 3.42. The van der Waals surface area contributed by atoms with Crippen LogP contribution in [0.2, 0.25) is 0 Å². The molecule has 1 N–H and O–H groups in total. The van der Waals surface area contributed by atoms with Crippen LogP contribution in [0.5, 0.6) is 0 Å². The van der Waals surface area contributed by atoms with E-state index in [9.17, 15) is 4.79 Å². The van der Waals surface area contributed by atoms with Gasteiger partial charge in [-0.1, -0.05) is 6.07 Å². The largest absolute Gasteiger partial charge is 0.328 e. The van der Waals surface area contributed by atoms with E-state index in [2.05, 4.69) is 16.4 Å². The third kappa shape index (κ3) is 2.29. The molecule has 5 heteroatoms. The summed E-state index contributed by atoms with van der Waals surface area (Å²) < 4.78 is 3.50. The topological polar surface area (TPSA) is 51.9 Å². The molecule has 0 aromatic carbocycles. The molecule has 1 fully saturated rings. The fourth-order valence-electron chi connectivity index (χ4n) is 2.95.